The Bertz CT molecular complexity index is 1190. The topological polar surface area (TPSA) is 40.5 Å². The smallest absolute Gasteiger partial charge is 0.122 e. The normalized spacial score (nSPS) is 13.7. The second kappa shape index (κ2) is 12.6. The zero-order chi connectivity index (χ0) is 31.3. The van der Waals surface area contributed by atoms with E-state index in [1.165, 1.54) is 11.1 Å². The van der Waals surface area contributed by atoms with Crippen molar-refractivity contribution >= 4 is 0 Å². The number of hydrogen-bond acceptors (Lipinski definition) is 2. The molecule has 0 atom stereocenters. The van der Waals surface area contributed by atoms with Gasteiger partial charge in [0.2, 0.25) is 0 Å². The fourth-order valence-electron chi connectivity index (χ4n) is 7.50. The van der Waals surface area contributed by atoms with Crippen LogP contribution in [0, 0.1) is 23.2 Å². The van der Waals surface area contributed by atoms with Crippen molar-refractivity contribution < 1.29 is 42.9 Å². The summed E-state index contributed by atoms with van der Waals surface area (Å²) in [5.74, 6) is 0.582. The van der Waals surface area contributed by atoms with Gasteiger partial charge < -0.3 is 10.2 Å². The quantitative estimate of drug-likeness (QED) is 0.283. The third kappa shape index (κ3) is 10.6. The first-order chi connectivity index (χ1) is 17.6. The maximum Gasteiger partial charge on any atom is 0.122 e. The molecule has 229 valence electrons. The second-order valence-electron chi connectivity index (χ2n) is 18.2. The Morgan fingerprint density at radius 1 is 0.512 bits per heavy atom. The van der Waals surface area contributed by atoms with Gasteiger partial charge in [0, 0.05) is 44.0 Å². The van der Waals surface area contributed by atoms with Crippen molar-refractivity contribution in [3.05, 3.63) is 64.6 Å². The Kier molecular flexibility index (Phi) is 11.6. The Balaban J connectivity index is 0.00000840. The van der Waals surface area contributed by atoms with Gasteiger partial charge in [-0.05, 0) is 69.3 Å². The zero-order valence-corrected chi connectivity index (χ0v) is 32.2. The van der Waals surface area contributed by atoms with E-state index in [1.54, 1.807) is 0 Å². The van der Waals surface area contributed by atoms with Crippen molar-refractivity contribution in [3.63, 3.8) is 0 Å². The molecule has 0 saturated heterocycles. The predicted octanol–water partition coefficient (Wildman–Crippen LogP) is 11.0. The van der Waals surface area contributed by atoms with Crippen molar-refractivity contribution in [2.24, 2.45) is 16.2 Å². The van der Waals surface area contributed by atoms with Crippen LogP contribution in [0.5, 0.6) is 11.5 Å². The summed E-state index contributed by atoms with van der Waals surface area (Å²) >= 11 is 0. The minimum Gasteiger partial charge on any atom is -0.565 e. The monoisotopic (exact) mass is 638 g/mol. The molecule has 0 saturated carbocycles. The molecule has 0 bridgehead atoms. The van der Waals surface area contributed by atoms with E-state index in [-0.39, 0.29) is 70.9 Å². The van der Waals surface area contributed by atoms with Gasteiger partial charge in [-0.15, -0.1) is 0 Å². The zero-order valence-electron chi connectivity index (χ0n) is 29.3. The van der Waals surface area contributed by atoms with Gasteiger partial charge in [-0.2, -0.15) is 18.6 Å². The minimum atomic E-state index is -0.221. The number of aromatic hydroxyl groups is 2. The van der Waals surface area contributed by atoms with E-state index in [2.05, 4.69) is 129 Å². The Morgan fingerprint density at radius 2 is 0.854 bits per heavy atom. The SMILES string of the molecule is [CH2-]c1cc(C(C)(C)CC(C)(C)C)cc(Cc2cc(C(C)(C)CC(C)(C)C)cc(C(C)(C)CC(C)(C)C)c2O)c1O.[Y]. The van der Waals surface area contributed by atoms with Crippen LogP contribution in [0.3, 0.4) is 0 Å². The summed E-state index contributed by atoms with van der Waals surface area (Å²) in [7, 11) is 0. The Labute approximate surface area is 279 Å². The van der Waals surface area contributed by atoms with Crippen LogP contribution in [0.15, 0.2) is 24.3 Å². The molecule has 0 aliphatic carbocycles. The number of phenolic OH excluding ortho intramolecular Hbond substituents is 2. The molecule has 0 aromatic heterocycles. The summed E-state index contributed by atoms with van der Waals surface area (Å²) < 4.78 is 0. The molecule has 0 spiro atoms. The van der Waals surface area contributed by atoms with Crippen molar-refractivity contribution in [1.29, 1.82) is 0 Å². The fourth-order valence-corrected chi connectivity index (χ4v) is 7.50. The standard InChI is InChI=1S/C38H61O2.Y/c1-25-17-28(36(11,12)22-33(2,3)4)19-26(31(25)39)18-27-20-29(37(13,14)23-34(5,6)7)21-30(32(27)40)38(15,16)24-35(8,9)10;/h17,19-21,39-40H,1,18,22-24H2,2-16H3;/q-1;. The van der Waals surface area contributed by atoms with Crippen LogP contribution in [-0.4, -0.2) is 10.2 Å². The molecule has 0 unspecified atom stereocenters. The summed E-state index contributed by atoms with van der Waals surface area (Å²) in [6.45, 7) is 38.3. The van der Waals surface area contributed by atoms with E-state index in [9.17, 15) is 10.2 Å². The molecule has 3 heteroatoms. The molecule has 2 N–H and O–H groups in total. The molecular formula is C38H61O2Y-. The molecule has 2 nitrogen and oxygen atoms in total. The van der Waals surface area contributed by atoms with Gasteiger partial charge in [0.25, 0.3) is 0 Å². The van der Waals surface area contributed by atoms with E-state index < -0.39 is 0 Å². The summed E-state index contributed by atoms with van der Waals surface area (Å²) in [5, 5.41) is 23.0. The van der Waals surface area contributed by atoms with Gasteiger partial charge in [0.15, 0.2) is 0 Å². The second-order valence-corrected chi connectivity index (χ2v) is 18.2. The van der Waals surface area contributed by atoms with Crippen LogP contribution in [-0.2, 0) is 55.4 Å². The molecule has 0 fully saturated rings. The van der Waals surface area contributed by atoms with Gasteiger partial charge >= 0.3 is 0 Å². The first-order valence-corrected chi connectivity index (χ1v) is 15.2. The van der Waals surface area contributed by atoms with Gasteiger partial charge in [0.1, 0.15) is 5.75 Å². The van der Waals surface area contributed by atoms with E-state index >= 15 is 0 Å². The van der Waals surface area contributed by atoms with Crippen LogP contribution >= 0.6 is 0 Å². The van der Waals surface area contributed by atoms with Crippen LogP contribution < -0.4 is 0 Å². The van der Waals surface area contributed by atoms with Crippen molar-refractivity contribution in [3.8, 4) is 11.5 Å². The average molecular weight is 639 g/mol. The molecule has 2 aromatic rings. The predicted molar refractivity (Wildman–Crippen MR) is 175 cm³/mol. The van der Waals surface area contributed by atoms with Crippen LogP contribution in [0.4, 0.5) is 0 Å². The molecule has 0 aliphatic heterocycles. The molecule has 2 rings (SSSR count). The first kappa shape index (κ1) is 38.0. The van der Waals surface area contributed by atoms with Crippen LogP contribution in [0.2, 0.25) is 0 Å². The minimum absolute atomic E-state index is 0. The average Bonchev–Trinajstić information content (AvgIpc) is 2.66. The van der Waals surface area contributed by atoms with Crippen molar-refractivity contribution in [2.75, 3.05) is 0 Å². The van der Waals surface area contributed by atoms with Gasteiger partial charge in [-0.25, -0.2) is 0 Å². The number of benzene rings is 2. The van der Waals surface area contributed by atoms with E-state index in [1.807, 2.05) is 6.07 Å². The fraction of sp³-hybridized carbons (Fsp3) is 0.658. The number of rotatable bonds is 8. The van der Waals surface area contributed by atoms with E-state index in [0.717, 1.165) is 36.0 Å². The molecule has 2 aromatic carbocycles. The van der Waals surface area contributed by atoms with Gasteiger partial charge in [0.05, 0.1) is 0 Å². The number of hydrogen-bond donors (Lipinski definition) is 2. The van der Waals surface area contributed by atoms with E-state index in [0.29, 0.717) is 17.7 Å². The molecule has 0 aliphatic rings. The molecule has 0 heterocycles. The van der Waals surface area contributed by atoms with Crippen LogP contribution in [0.25, 0.3) is 0 Å². The summed E-state index contributed by atoms with van der Waals surface area (Å²) in [6.07, 6.45) is 3.43. The Hall–Kier alpha value is -0.986. The van der Waals surface area contributed by atoms with Crippen molar-refractivity contribution in [2.45, 2.75) is 146 Å². The summed E-state index contributed by atoms with van der Waals surface area (Å²) in [6, 6.07) is 8.62. The molecule has 41 heavy (non-hydrogen) atoms. The Morgan fingerprint density at radius 3 is 1.24 bits per heavy atom. The first-order valence-electron chi connectivity index (χ1n) is 15.2. The summed E-state index contributed by atoms with van der Waals surface area (Å²) in [5.41, 5.74) is 5.82. The van der Waals surface area contributed by atoms with Crippen molar-refractivity contribution in [1.82, 2.24) is 0 Å². The largest absolute Gasteiger partial charge is 0.565 e. The number of phenols is 2. The third-order valence-corrected chi connectivity index (χ3v) is 8.05. The van der Waals surface area contributed by atoms with Gasteiger partial charge in [-0.3, -0.25) is 0 Å². The molecule has 0 amide bonds. The van der Waals surface area contributed by atoms with Gasteiger partial charge in [-0.1, -0.05) is 133 Å². The summed E-state index contributed by atoms with van der Waals surface area (Å²) in [4.78, 5) is 0. The third-order valence-electron chi connectivity index (χ3n) is 8.05. The van der Waals surface area contributed by atoms with Crippen LogP contribution in [0.1, 0.15) is 156 Å². The van der Waals surface area contributed by atoms with E-state index in [4.69, 9.17) is 0 Å². The molecule has 1 radical (unpaired) electrons. The molecular weight excluding hydrogens is 577 g/mol. The maximum atomic E-state index is 11.9. The maximum absolute atomic E-state index is 11.9.